The van der Waals surface area contributed by atoms with Gasteiger partial charge in [-0.2, -0.15) is 0 Å². The van der Waals surface area contributed by atoms with Crippen molar-refractivity contribution in [2.24, 2.45) is 5.41 Å². The number of rotatable bonds is 3. The van der Waals surface area contributed by atoms with Crippen LogP contribution in [-0.4, -0.2) is 55.0 Å². The molecule has 23 heavy (non-hydrogen) atoms. The quantitative estimate of drug-likeness (QED) is 0.847. The molecule has 3 rings (SSSR count). The molecule has 0 aromatic carbocycles. The van der Waals surface area contributed by atoms with Gasteiger partial charge in [0.15, 0.2) is 0 Å². The molecule has 4 nitrogen and oxygen atoms in total. The zero-order valence-corrected chi connectivity index (χ0v) is 16.4. The highest BCUT2D eigenvalue weighted by Gasteiger charge is 2.39. The van der Waals surface area contributed by atoms with Gasteiger partial charge in [0.2, 0.25) is 5.91 Å². The number of amides is 1. The molecule has 1 aromatic heterocycles. The monoisotopic (exact) mass is 399 g/mol. The molecule has 8 heteroatoms. The zero-order valence-electron chi connectivity index (χ0n) is 13.2. The summed E-state index contributed by atoms with van der Waals surface area (Å²) in [6.07, 6.45) is 0.958. The Morgan fingerprint density at radius 3 is 2.52 bits per heavy atom. The van der Waals surface area contributed by atoms with Gasteiger partial charge < -0.3 is 10.2 Å². The molecule has 0 aliphatic carbocycles. The Morgan fingerprint density at radius 2 is 2.00 bits per heavy atom. The van der Waals surface area contributed by atoms with Crippen molar-refractivity contribution < 1.29 is 4.79 Å². The van der Waals surface area contributed by atoms with Crippen LogP contribution in [0.1, 0.15) is 18.2 Å². The van der Waals surface area contributed by atoms with Crippen LogP contribution in [0.5, 0.6) is 0 Å². The Kier molecular flexibility index (Phi) is 8.11. The highest BCUT2D eigenvalue weighted by atomic mass is 35.5. The SMILES string of the molecule is CC1(C(=O)N2CCN(Cc3ccc(Cl)s3)CC2)CCNC1.Cl.Cl. The summed E-state index contributed by atoms with van der Waals surface area (Å²) in [4.78, 5) is 18.4. The summed E-state index contributed by atoms with van der Waals surface area (Å²) in [5, 5.41) is 3.31. The molecule has 3 heterocycles. The van der Waals surface area contributed by atoms with Gasteiger partial charge in [-0.25, -0.2) is 0 Å². The van der Waals surface area contributed by atoms with Gasteiger partial charge in [-0.15, -0.1) is 36.2 Å². The molecule has 2 saturated heterocycles. The number of hydrogen-bond acceptors (Lipinski definition) is 4. The molecule has 0 saturated carbocycles. The van der Waals surface area contributed by atoms with Crippen molar-refractivity contribution in [2.45, 2.75) is 19.9 Å². The van der Waals surface area contributed by atoms with Crippen LogP contribution in [0.4, 0.5) is 0 Å². The van der Waals surface area contributed by atoms with E-state index in [-0.39, 0.29) is 30.2 Å². The second-order valence-electron chi connectivity index (χ2n) is 6.26. The van der Waals surface area contributed by atoms with Crippen LogP contribution in [0.25, 0.3) is 0 Å². The summed E-state index contributed by atoms with van der Waals surface area (Å²) >= 11 is 7.62. The lowest BCUT2D eigenvalue weighted by molar-refractivity contribution is -0.142. The molecule has 132 valence electrons. The smallest absolute Gasteiger partial charge is 0.229 e. The molecular formula is C15H24Cl3N3OS. The number of halogens is 3. The fourth-order valence-corrected chi connectivity index (χ4v) is 4.28. The van der Waals surface area contributed by atoms with E-state index in [1.54, 1.807) is 11.3 Å². The molecule has 1 aromatic rings. The Balaban J connectivity index is 0.00000132. The van der Waals surface area contributed by atoms with Crippen molar-refractivity contribution >= 4 is 53.7 Å². The van der Waals surface area contributed by atoms with E-state index < -0.39 is 0 Å². The van der Waals surface area contributed by atoms with E-state index >= 15 is 0 Å². The van der Waals surface area contributed by atoms with Crippen LogP contribution in [0, 0.1) is 5.41 Å². The van der Waals surface area contributed by atoms with Crippen molar-refractivity contribution in [1.82, 2.24) is 15.1 Å². The minimum atomic E-state index is -0.191. The highest BCUT2D eigenvalue weighted by molar-refractivity contribution is 7.16. The summed E-state index contributed by atoms with van der Waals surface area (Å²) in [7, 11) is 0. The lowest BCUT2D eigenvalue weighted by Gasteiger charge is -2.38. The van der Waals surface area contributed by atoms with E-state index in [4.69, 9.17) is 11.6 Å². The number of carbonyl (C=O) groups excluding carboxylic acids is 1. The average Bonchev–Trinajstić information content (AvgIpc) is 3.09. The van der Waals surface area contributed by atoms with Gasteiger partial charge in [-0.1, -0.05) is 11.6 Å². The number of thiophene rings is 1. The van der Waals surface area contributed by atoms with Gasteiger partial charge in [-0.05, 0) is 32.0 Å². The normalized spacial score (nSPS) is 24.9. The molecule has 1 atom stereocenters. The minimum Gasteiger partial charge on any atom is -0.340 e. The van der Waals surface area contributed by atoms with Crippen molar-refractivity contribution in [2.75, 3.05) is 39.3 Å². The van der Waals surface area contributed by atoms with E-state index in [1.807, 2.05) is 11.0 Å². The lowest BCUT2D eigenvalue weighted by Crippen LogP contribution is -2.52. The molecule has 1 amide bonds. The summed E-state index contributed by atoms with van der Waals surface area (Å²) in [6.45, 7) is 8.39. The first-order chi connectivity index (χ1) is 10.1. The molecular weight excluding hydrogens is 377 g/mol. The number of nitrogens with zero attached hydrogens (tertiary/aromatic N) is 2. The van der Waals surface area contributed by atoms with E-state index in [0.717, 1.165) is 56.6 Å². The van der Waals surface area contributed by atoms with Crippen LogP contribution < -0.4 is 5.32 Å². The minimum absolute atomic E-state index is 0. The largest absolute Gasteiger partial charge is 0.340 e. The van der Waals surface area contributed by atoms with E-state index in [2.05, 4.69) is 23.2 Å². The summed E-state index contributed by atoms with van der Waals surface area (Å²) in [5.74, 6) is 0.325. The third-order valence-corrected chi connectivity index (χ3v) is 5.77. The first kappa shape index (κ1) is 21.0. The molecule has 0 bridgehead atoms. The summed E-state index contributed by atoms with van der Waals surface area (Å²) in [5.41, 5.74) is -0.191. The Bertz CT molecular complexity index is 512. The predicted octanol–water partition coefficient (Wildman–Crippen LogP) is 2.89. The van der Waals surface area contributed by atoms with E-state index in [1.165, 1.54) is 4.88 Å². The first-order valence-corrected chi connectivity index (χ1v) is 8.73. The van der Waals surface area contributed by atoms with Gasteiger partial charge in [0.05, 0.1) is 9.75 Å². The average molecular weight is 401 g/mol. The maximum absolute atomic E-state index is 12.6. The Morgan fingerprint density at radius 1 is 1.30 bits per heavy atom. The van der Waals surface area contributed by atoms with Crippen molar-refractivity contribution in [1.29, 1.82) is 0 Å². The number of piperazine rings is 1. The first-order valence-electron chi connectivity index (χ1n) is 7.53. The molecule has 0 spiro atoms. The Hall–Kier alpha value is -0.0400. The van der Waals surface area contributed by atoms with Crippen LogP contribution in [0.2, 0.25) is 4.34 Å². The maximum Gasteiger partial charge on any atom is 0.229 e. The maximum atomic E-state index is 12.6. The van der Waals surface area contributed by atoms with E-state index in [9.17, 15) is 4.79 Å². The van der Waals surface area contributed by atoms with E-state index in [0.29, 0.717) is 5.91 Å². The second kappa shape index (κ2) is 8.88. The fourth-order valence-electron chi connectivity index (χ4n) is 3.15. The second-order valence-corrected chi connectivity index (χ2v) is 8.06. The van der Waals surface area contributed by atoms with Crippen molar-refractivity contribution in [3.05, 3.63) is 21.3 Å². The van der Waals surface area contributed by atoms with Crippen molar-refractivity contribution in [3.8, 4) is 0 Å². The Labute approximate surface area is 159 Å². The molecule has 2 fully saturated rings. The summed E-state index contributed by atoms with van der Waals surface area (Å²) < 4.78 is 0.848. The predicted molar refractivity (Wildman–Crippen MR) is 101 cm³/mol. The molecule has 1 N–H and O–H groups in total. The van der Waals surface area contributed by atoms with Gasteiger partial charge in [-0.3, -0.25) is 9.69 Å². The zero-order chi connectivity index (χ0) is 14.9. The van der Waals surface area contributed by atoms with Crippen molar-refractivity contribution in [3.63, 3.8) is 0 Å². The van der Waals surface area contributed by atoms with Gasteiger partial charge >= 0.3 is 0 Å². The van der Waals surface area contributed by atoms with Crippen LogP contribution in [-0.2, 0) is 11.3 Å². The standard InChI is InChI=1S/C15H22ClN3OS.2ClH/c1-15(4-5-17-11-15)14(20)19-8-6-18(7-9-19)10-12-2-3-13(16)21-12;;/h2-3,17H,4-11H2,1H3;2*1H. The number of nitrogens with one attached hydrogen (secondary N) is 1. The molecule has 2 aliphatic rings. The van der Waals surface area contributed by atoms with Gasteiger partial charge in [0.1, 0.15) is 0 Å². The fraction of sp³-hybridized carbons (Fsp3) is 0.667. The van der Waals surface area contributed by atoms with Crippen LogP contribution >= 0.6 is 47.8 Å². The number of hydrogen-bond donors (Lipinski definition) is 1. The third-order valence-electron chi connectivity index (χ3n) is 4.55. The molecule has 0 radical (unpaired) electrons. The van der Waals surface area contributed by atoms with Crippen LogP contribution in [0.3, 0.4) is 0 Å². The topological polar surface area (TPSA) is 35.6 Å². The third kappa shape index (κ3) is 4.97. The molecule has 1 unspecified atom stereocenters. The number of carbonyl (C=O) groups is 1. The summed E-state index contributed by atoms with van der Waals surface area (Å²) in [6, 6.07) is 4.05. The lowest BCUT2D eigenvalue weighted by atomic mass is 9.88. The van der Waals surface area contributed by atoms with Gasteiger partial charge in [0.25, 0.3) is 0 Å². The molecule has 2 aliphatic heterocycles. The van der Waals surface area contributed by atoms with Crippen LogP contribution in [0.15, 0.2) is 12.1 Å². The van der Waals surface area contributed by atoms with Gasteiger partial charge in [0, 0.05) is 44.1 Å². The highest BCUT2D eigenvalue weighted by Crippen LogP contribution is 2.28.